The summed E-state index contributed by atoms with van der Waals surface area (Å²) in [4.78, 5) is 36.3. The van der Waals surface area contributed by atoms with Gasteiger partial charge in [0, 0.05) is 26.3 Å². The Morgan fingerprint density at radius 1 is 0.978 bits per heavy atom. The fourth-order valence-electron chi connectivity index (χ4n) is 4.69. The molecule has 1 amide bonds. The average molecular weight is 643 g/mol. The fraction of sp³-hybridized carbons (Fsp3) is 0.344. The molecule has 13 heteroatoms. The van der Waals surface area contributed by atoms with Crippen molar-refractivity contribution in [2.75, 3.05) is 13.1 Å². The number of hydrogen-bond donors (Lipinski definition) is 2. The summed E-state index contributed by atoms with van der Waals surface area (Å²) in [6, 6.07) is 18.9. The number of carboxylic acids is 1. The molecule has 240 valence electrons. The van der Waals surface area contributed by atoms with Crippen molar-refractivity contribution in [2.45, 2.75) is 56.4 Å². The number of carbonyl (C=O) groups is 3. The van der Waals surface area contributed by atoms with Crippen LogP contribution in [-0.2, 0) is 41.1 Å². The zero-order valence-electron chi connectivity index (χ0n) is 25.2. The molecule has 0 aliphatic carbocycles. The lowest BCUT2D eigenvalue weighted by molar-refractivity contribution is -0.198. The fourth-order valence-corrected chi connectivity index (χ4v) is 6.30. The normalized spacial score (nSPS) is 15.4. The van der Waals surface area contributed by atoms with Gasteiger partial charge in [-0.05, 0) is 35.4 Å². The molecule has 1 saturated heterocycles. The summed E-state index contributed by atoms with van der Waals surface area (Å²) in [7, 11) is -4.05. The molecule has 3 aromatic carbocycles. The van der Waals surface area contributed by atoms with Crippen molar-refractivity contribution in [3.63, 3.8) is 0 Å². The molecule has 4 rings (SSSR count). The first-order chi connectivity index (χ1) is 21.1. The Balaban J connectivity index is 1.48. The number of hydrogen-bond acceptors (Lipinski definition) is 8. The van der Waals surface area contributed by atoms with Gasteiger partial charge < -0.3 is 24.6 Å². The van der Waals surface area contributed by atoms with Crippen molar-refractivity contribution < 1.29 is 46.5 Å². The minimum atomic E-state index is -4.05. The largest absolute Gasteiger partial charge is 0.480 e. The lowest BCUT2D eigenvalue weighted by Crippen LogP contribution is -2.64. The van der Waals surface area contributed by atoms with Gasteiger partial charge in [-0.3, -0.25) is 4.79 Å². The number of nitrogens with zero attached hydrogens (tertiary/aromatic N) is 1. The zero-order valence-corrected chi connectivity index (χ0v) is 26.0. The number of amides is 1. The van der Waals surface area contributed by atoms with Gasteiger partial charge in [-0.2, -0.15) is 4.31 Å². The summed E-state index contributed by atoms with van der Waals surface area (Å²) in [5.74, 6) is -4.36. The maximum Gasteiger partial charge on any atom is 0.411 e. The van der Waals surface area contributed by atoms with Crippen molar-refractivity contribution in [1.82, 2.24) is 9.62 Å². The van der Waals surface area contributed by atoms with E-state index >= 15 is 0 Å². The number of rotatable bonds is 12. The highest BCUT2D eigenvalue weighted by Crippen LogP contribution is 2.40. The van der Waals surface area contributed by atoms with E-state index in [1.807, 2.05) is 18.2 Å². The molecule has 1 unspecified atom stereocenters. The van der Waals surface area contributed by atoms with Gasteiger partial charge in [-0.15, -0.1) is 0 Å². The second-order valence-corrected chi connectivity index (χ2v) is 13.4. The van der Waals surface area contributed by atoms with E-state index in [0.717, 1.165) is 5.56 Å². The predicted octanol–water partition coefficient (Wildman–Crippen LogP) is 4.46. The molecule has 3 aromatic rings. The summed E-state index contributed by atoms with van der Waals surface area (Å²) < 4.78 is 58.8. The Morgan fingerprint density at radius 3 is 2.27 bits per heavy atom. The lowest BCUT2D eigenvalue weighted by atomic mass is 9.87. The maximum atomic E-state index is 13.9. The second-order valence-electron chi connectivity index (χ2n) is 11.4. The number of carboxylic acid groups (broad SMARTS) is 1. The van der Waals surface area contributed by atoms with E-state index in [-0.39, 0.29) is 30.2 Å². The number of esters is 1. The molecule has 0 radical (unpaired) electrons. The molecule has 1 aliphatic rings. The quantitative estimate of drug-likeness (QED) is 0.216. The minimum absolute atomic E-state index is 0.0532. The number of ether oxygens (including phenoxy) is 3. The first kappa shape index (κ1) is 33.4. The van der Waals surface area contributed by atoms with Crippen LogP contribution < -0.4 is 10.1 Å². The average Bonchev–Trinajstić information content (AvgIpc) is 2.94. The number of sulfonamides is 1. The first-order valence-corrected chi connectivity index (χ1v) is 15.6. The van der Waals surface area contributed by atoms with Crippen molar-refractivity contribution in [3.8, 4) is 5.75 Å². The molecule has 0 aromatic heterocycles. The highest BCUT2D eigenvalue weighted by atomic mass is 32.2. The highest BCUT2D eigenvalue weighted by Gasteiger charge is 2.52. The van der Waals surface area contributed by atoms with E-state index < -0.39 is 57.2 Å². The van der Waals surface area contributed by atoms with Crippen molar-refractivity contribution in [1.29, 1.82) is 0 Å². The third-order valence-corrected chi connectivity index (χ3v) is 8.78. The lowest BCUT2D eigenvalue weighted by Gasteiger charge is -2.48. The monoisotopic (exact) mass is 642 g/mol. The standard InChI is InChI=1S/C32H35FN2O9S/c1-21(2)29(38)43-31(3,4)44-30(39)34-27(28(36)37)17-22-10-8-15-26(16-22)45(40,41)35-19-32(20-35,23-11-6-5-7-12-23)42-25-14-9-13-24(33)18-25/h5-16,18,21,27H,17,19-20H2,1-4H3,(H,34,39)(H,36,37). The molecular weight excluding hydrogens is 607 g/mol. The smallest absolute Gasteiger partial charge is 0.411 e. The van der Waals surface area contributed by atoms with Gasteiger partial charge >= 0.3 is 18.0 Å². The molecule has 0 saturated carbocycles. The van der Waals surface area contributed by atoms with E-state index in [1.54, 1.807) is 32.0 Å². The maximum absolute atomic E-state index is 13.9. The highest BCUT2D eigenvalue weighted by molar-refractivity contribution is 7.89. The number of carbonyl (C=O) groups excluding carboxylic acids is 2. The zero-order chi connectivity index (χ0) is 33.0. The molecule has 1 heterocycles. The summed E-state index contributed by atoms with van der Waals surface area (Å²) in [5, 5.41) is 12.0. The number of benzene rings is 3. The van der Waals surface area contributed by atoms with Gasteiger partial charge in [0.1, 0.15) is 17.6 Å². The van der Waals surface area contributed by atoms with Gasteiger partial charge in [0.2, 0.25) is 10.0 Å². The molecule has 1 aliphatic heterocycles. The van der Waals surface area contributed by atoms with Crippen LogP contribution in [0, 0.1) is 11.7 Å². The molecule has 45 heavy (non-hydrogen) atoms. The van der Waals surface area contributed by atoms with Gasteiger partial charge in [-0.1, -0.05) is 62.4 Å². The SMILES string of the molecule is CC(C)C(=O)OC(C)(C)OC(=O)NC(Cc1cccc(S(=O)(=O)N2CC(Oc3cccc(F)c3)(c3ccccc3)C2)c1)C(=O)O. The van der Waals surface area contributed by atoms with Crippen LogP contribution in [-0.4, -0.2) is 60.8 Å². The first-order valence-electron chi connectivity index (χ1n) is 14.1. The molecule has 2 N–H and O–H groups in total. The van der Waals surface area contributed by atoms with Crippen LogP contribution in [0.2, 0.25) is 0 Å². The number of halogens is 1. The number of alkyl carbamates (subject to hydrolysis) is 1. The Labute approximate surface area is 261 Å². The van der Waals surface area contributed by atoms with Crippen LogP contribution in [0.15, 0.2) is 83.8 Å². The van der Waals surface area contributed by atoms with E-state index in [9.17, 15) is 32.3 Å². The summed E-state index contributed by atoms with van der Waals surface area (Å²) in [5.41, 5.74) is -0.0191. The predicted molar refractivity (Wildman–Crippen MR) is 160 cm³/mol. The summed E-state index contributed by atoms with van der Waals surface area (Å²) in [6.07, 6.45) is -1.40. The summed E-state index contributed by atoms with van der Waals surface area (Å²) >= 11 is 0. The van der Waals surface area contributed by atoms with Gasteiger partial charge in [0.25, 0.3) is 5.79 Å². The number of aliphatic carboxylic acids is 1. The molecule has 0 spiro atoms. The Kier molecular flexibility index (Phi) is 9.83. The minimum Gasteiger partial charge on any atom is -0.480 e. The molecular formula is C32H35FN2O9S. The molecule has 0 bridgehead atoms. The van der Waals surface area contributed by atoms with Crippen LogP contribution in [0.5, 0.6) is 5.75 Å². The van der Waals surface area contributed by atoms with E-state index in [1.165, 1.54) is 60.6 Å². The Morgan fingerprint density at radius 2 is 1.64 bits per heavy atom. The van der Waals surface area contributed by atoms with Crippen molar-refractivity contribution in [3.05, 3.63) is 95.8 Å². The Bertz CT molecular complexity index is 1660. The molecule has 1 fully saturated rings. The van der Waals surface area contributed by atoms with E-state index in [0.29, 0.717) is 5.56 Å². The van der Waals surface area contributed by atoms with E-state index in [2.05, 4.69) is 5.32 Å². The van der Waals surface area contributed by atoms with Crippen molar-refractivity contribution in [2.24, 2.45) is 5.92 Å². The van der Waals surface area contributed by atoms with Crippen LogP contribution in [0.25, 0.3) is 0 Å². The third-order valence-electron chi connectivity index (χ3n) is 7.00. The molecule has 11 nitrogen and oxygen atoms in total. The van der Waals surface area contributed by atoms with Crippen LogP contribution >= 0.6 is 0 Å². The summed E-state index contributed by atoms with van der Waals surface area (Å²) in [6.45, 7) is 5.78. The third kappa shape index (κ3) is 8.17. The van der Waals surface area contributed by atoms with Gasteiger partial charge in [0.15, 0.2) is 5.60 Å². The van der Waals surface area contributed by atoms with Gasteiger partial charge in [0.05, 0.1) is 23.9 Å². The number of nitrogens with one attached hydrogen (secondary N) is 1. The van der Waals surface area contributed by atoms with Crippen LogP contribution in [0.1, 0.15) is 38.8 Å². The second kappa shape index (κ2) is 13.2. The Hall–Kier alpha value is -4.49. The van der Waals surface area contributed by atoms with Crippen molar-refractivity contribution >= 4 is 28.1 Å². The van der Waals surface area contributed by atoms with Crippen LogP contribution in [0.3, 0.4) is 0 Å². The topological polar surface area (TPSA) is 149 Å². The van der Waals surface area contributed by atoms with E-state index in [4.69, 9.17) is 14.2 Å². The molecule has 1 atom stereocenters. The van der Waals surface area contributed by atoms with Crippen LogP contribution in [0.4, 0.5) is 9.18 Å². The van der Waals surface area contributed by atoms with Gasteiger partial charge in [-0.25, -0.2) is 22.4 Å².